The van der Waals surface area contributed by atoms with E-state index < -0.39 is 30.7 Å². The van der Waals surface area contributed by atoms with Gasteiger partial charge in [0.25, 0.3) is 0 Å². The van der Waals surface area contributed by atoms with Gasteiger partial charge in [0.15, 0.2) is 0 Å². The third kappa shape index (κ3) is 2.44. The van der Waals surface area contributed by atoms with Crippen LogP contribution < -0.4 is 5.73 Å². The minimum absolute atomic E-state index is 0.0375. The van der Waals surface area contributed by atoms with Crippen LogP contribution in [-0.4, -0.2) is 21.9 Å². The summed E-state index contributed by atoms with van der Waals surface area (Å²) in [5.74, 6) is -5.50. The number of imidazole rings is 1. The number of hydrogen-bond donors (Lipinski definition) is 1. The molecule has 0 saturated carbocycles. The Morgan fingerprint density at radius 2 is 2.00 bits per heavy atom. The molecule has 3 nitrogen and oxygen atoms in total. The average Bonchev–Trinajstić information content (AvgIpc) is 2.56. The number of benzene rings is 1. The molecule has 1 aromatic heterocycles. The van der Waals surface area contributed by atoms with Crippen molar-refractivity contribution in [3.05, 3.63) is 23.0 Å². The third-order valence-corrected chi connectivity index (χ3v) is 2.80. The lowest BCUT2D eigenvalue weighted by Crippen LogP contribution is -2.32. The molecule has 104 valence electrons. The summed E-state index contributed by atoms with van der Waals surface area (Å²) in [6, 6.07) is 1.90. The van der Waals surface area contributed by atoms with Crippen molar-refractivity contribution < 1.29 is 22.0 Å². The molecule has 2 rings (SSSR count). The monoisotopic (exact) mass is 299 g/mol. The highest BCUT2D eigenvalue weighted by Gasteiger charge is 2.41. The normalized spacial score (nSPS) is 12.6. The Bertz CT molecular complexity index is 625. The maximum absolute atomic E-state index is 13.2. The molecule has 0 aliphatic carbocycles. The Morgan fingerprint density at radius 3 is 2.58 bits per heavy atom. The van der Waals surface area contributed by atoms with Gasteiger partial charge in [-0.15, -0.1) is 0 Å². The molecule has 1 aromatic carbocycles. The van der Waals surface area contributed by atoms with Crippen molar-refractivity contribution in [1.29, 1.82) is 0 Å². The second-order valence-electron chi connectivity index (χ2n) is 3.87. The van der Waals surface area contributed by atoms with Crippen LogP contribution in [0.5, 0.6) is 0 Å². The first-order valence-corrected chi connectivity index (χ1v) is 5.37. The largest absolute Gasteiger partial charge is 0.369 e. The topological polar surface area (TPSA) is 43.8 Å². The number of nitrogens with zero attached hydrogens (tertiary/aromatic N) is 2. The highest BCUT2D eigenvalue weighted by atomic mass is 35.5. The Morgan fingerprint density at radius 1 is 1.37 bits per heavy atom. The number of alkyl halides is 4. The number of nitrogens with two attached hydrogens (primary N) is 1. The molecule has 2 aromatic rings. The summed E-state index contributed by atoms with van der Waals surface area (Å²) in [4.78, 5) is 3.62. The predicted octanol–water partition coefficient (Wildman–Crippen LogP) is 3.31. The lowest BCUT2D eigenvalue weighted by molar-refractivity contribution is -0.136. The van der Waals surface area contributed by atoms with Crippen molar-refractivity contribution in [2.45, 2.75) is 18.9 Å². The molecule has 0 unspecified atom stereocenters. The van der Waals surface area contributed by atoms with Crippen molar-refractivity contribution in [1.82, 2.24) is 9.55 Å². The summed E-state index contributed by atoms with van der Waals surface area (Å²) in [6.45, 7) is -1.37. The fourth-order valence-electron chi connectivity index (χ4n) is 1.58. The highest BCUT2D eigenvalue weighted by molar-refractivity contribution is 6.31. The summed E-state index contributed by atoms with van der Waals surface area (Å²) in [5.41, 5.74) is 5.29. The molecule has 2 N–H and O–H groups in total. The molecule has 19 heavy (non-hydrogen) atoms. The van der Waals surface area contributed by atoms with Gasteiger partial charge in [-0.3, -0.25) is 0 Å². The van der Waals surface area contributed by atoms with Crippen molar-refractivity contribution >= 4 is 28.6 Å². The quantitative estimate of drug-likeness (QED) is 0.884. The molecular weight excluding hydrogens is 293 g/mol. The van der Waals surface area contributed by atoms with E-state index in [-0.39, 0.29) is 16.1 Å². The number of nitrogen functional groups attached to an aromatic ring is 1. The van der Waals surface area contributed by atoms with Crippen LogP contribution in [0, 0.1) is 5.82 Å². The summed E-state index contributed by atoms with van der Waals surface area (Å²) in [6.07, 6.45) is -3.85. The maximum atomic E-state index is 13.2. The Hall–Kier alpha value is -1.57. The molecule has 0 fully saturated rings. The second-order valence-corrected chi connectivity index (χ2v) is 4.28. The summed E-state index contributed by atoms with van der Waals surface area (Å²) in [5, 5.41) is -0.339. The van der Waals surface area contributed by atoms with Crippen molar-refractivity contribution in [3.63, 3.8) is 0 Å². The van der Waals surface area contributed by atoms with E-state index >= 15 is 0 Å². The van der Waals surface area contributed by atoms with Gasteiger partial charge in [0.05, 0.1) is 22.6 Å². The van der Waals surface area contributed by atoms with Crippen molar-refractivity contribution in [3.8, 4) is 0 Å². The van der Waals surface area contributed by atoms with E-state index in [1.165, 1.54) is 0 Å². The van der Waals surface area contributed by atoms with Gasteiger partial charge in [-0.2, -0.15) is 8.78 Å². The first kappa shape index (κ1) is 13.9. The van der Waals surface area contributed by atoms with Gasteiger partial charge in [0.1, 0.15) is 5.82 Å². The average molecular weight is 300 g/mol. The molecule has 1 heterocycles. The molecule has 0 bridgehead atoms. The molecule has 0 atom stereocenters. The predicted molar refractivity (Wildman–Crippen MR) is 60.1 cm³/mol. The third-order valence-electron chi connectivity index (χ3n) is 2.51. The van der Waals surface area contributed by atoms with Crippen LogP contribution in [0.15, 0.2) is 12.1 Å². The van der Waals surface area contributed by atoms with E-state index in [9.17, 15) is 22.0 Å². The van der Waals surface area contributed by atoms with Crippen LogP contribution in [-0.2, 0) is 6.54 Å². The minimum atomic E-state index is -4.28. The number of fused-ring (bicyclic) bond motifs is 1. The lowest BCUT2D eigenvalue weighted by atomic mass is 10.3. The van der Waals surface area contributed by atoms with Crippen LogP contribution in [0.2, 0.25) is 5.02 Å². The standard InChI is InChI=1S/C10H7ClF5N3/c11-4-1-7-6(2-5(4)12)18-9(17)19(7)3-10(15,16)8(13)14/h1-2,8H,3H2,(H2,17,18). The molecule has 0 aliphatic rings. The first-order valence-electron chi connectivity index (χ1n) is 4.99. The van der Waals surface area contributed by atoms with Gasteiger partial charge in [-0.05, 0) is 6.07 Å². The number of halogens is 6. The lowest BCUT2D eigenvalue weighted by Gasteiger charge is -2.17. The van der Waals surface area contributed by atoms with Gasteiger partial charge >= 0.3 is 12.3 Å². The van der Waals surface area contributed by atoms with Gasteiger partial charge in [-0.25, -0.2) is 18.2 Å². The molecule has 0 amide bonds. The van der Waals surface area contributed by atoms with E-state index in [1.54, 1.807) is 0 Å². The minimum Gasteiger partial charge on any atom is -0.369 e. The van der Waals surface area contributed by atoms with E-state index in [1.807, 2.05) is 0 Å². The smallest absolute Gasteiger partial charge is 0.324 e. The Labute approximate surface area is 108 Å². The van der Waals surface area contributed by atoms with Crippen LogP contribution in [0.1, 0.15) is 0 Å². The zero-order chi connectivity index (χ0) is 14.4. The van der Waals surface area contributed by atoms with Crippen LogP contribution >= 0.6 is 11.6 Å². The Balaban J connectivity index is 2.54. The fourth-order valence-corrected chi connectivity index (χ4v) is 1.74. The zero-order valence-corrected chi connectivity index (χ0v) is 9.93. The molecule has 0 spiro atoms. The van der Waals surface area contributed by atoms with Crippen LogP contribution in [0.4, 0.5) is 27.9 Å². The van der Waals surface area contributed by atoms with Crippen molar-refractivity contribution in [2.75, 3.05) is 5.73 Å². The molecule has 0 radical (unpaired) electrons. The Kier molecular flexibility index (Phi) is 3.29. The number of anilines is 1. The van der Waals surface area contributed by atoms with E-state index in [4.69, 9.17) is 17.3 Å². The summed E-state index contributed by atoms with van der Waals surface area (Å²) in [7, 11) is 0. The summed E-state index contributed by atoms with van der Waals surface area (Å²) >= 11 is 5.51. The molecule has 9 heteroatoms. The number of aromatic nitrogens is 2. The van der Waals surface area contributed by atoms with Gasteiger partial charge < -0.3 is 10.3 Å². The molecule has 0 saturated heterocycles. The van der Waals surface area contributed by atoms with Gasteiger partial charge in [-0.1, -0.05) is 11.6 Å². The second kappa shape index (κ2) is 4.52. The SMILES string of the molecule is Nc1nc2cc(F)c(Cl)cc2n1CC(F)(F)C(F)F. The summed E-state index contributed by atoms with van der Waals surface area (Å²) < 4.78 is 64.2. The van der Waals surface area contributed by atoms with E-state index in [0.29, 0.717) is 4.57 Å². The van der Waals surface area contributed by atoms with Crippen LogP contribution in [0.3, 0.4) is 0 Å². The molecule has 0 aliphatic heterocycles. The zero-order valence-electron chi connectivity index (χ0n) is 9.18. The highest BCUT2D eigenvalue weighted by Crippen LogP contribution is 2.30. The van der Waals surface area contributed by atoms with E-state index in [2.05, 4.69) is 4.98 Å². The van der Waals surface area contributed by atoms with Gasteiger partial charge in [0.2, 0.25) is 5.95 Å². The number of hydrogen-bond acceptors (Lipinski definition) is 2. The van der Waals surface area contributed by atoms with Crippen molar-refractivity contribution in [2.24, 2.45) is 0 Å². The molecular formula is C10H7ClF5N3. The van der Waals surface area contributed by atoms with Crippen LogP contribution in [0.25, 0.3) is 11.0 Å². The first-order chi connectivity index (χ1) is 8.72. The number of rotatable bonds is 3. The van der Waals surface area contributed by atoms with E-state index in [0.717, 1.165) is 12.1 Å². The maximum Gasteiger partial charge on any atom is 0.324 e. The fraction of sp³-hybridized carbons (Fsp3) is 0.300. The van der Waals surface area contributed by atoms with Gasteiger partial charge in [0, 0.05) is 6.07 Å².